The van der Waals surface area contributed by atoms with Crippen LogP contribution in [-0.4, -0.2) is 36.6 Å². The van der Waals surface area contributed by atoms with Crippen molar-refractivity contribution in [2.75, 3.05) is 13.7 Å². The molecule has 1 saturated heterocycles. The highest BCUT2D eigenvalue weighted by Gasteiger charge is 2.27. The molecule has 0 bridgehead atoms. The average Bonchev–Trinajstić information content (AvgIpc) is 2.16. The topological polar surface area (TPSA) is 29.5 Å². The normalized spacial score (nSPS) is 28.2. The monoisotopic (exact) mass is 181 g/mol. The highest BCUT2D eigenvalue weighted by molar-refractivity contribution is 5.93. The van der Waals surface area contributed by atoms with Crippen molar-refractivity contribution in [3.8, 4) is 12.3 Å². The first kappa shape index (κ1) is 10.1. The molecule has 1 aliphatic heterocycles. The second-order valence-electron chi connectivity index (χ2n) is 3.37. The molecule has 2 unspecified atom stereocenters. The average molecular weight is 181 g/mol. The first-order valence-electron chi connectivity index (χ1n) is 4.49. The molecule has 0 spiro atoms. The van der Waals surface area contributed by atoms with Crippen molar-refractivity contribution in [2.24, 2.45) is 0 Å². The van der Waals surface area contributed by atoms with Gasteiger partial charge in [0.05, 0.1) is 6.10 Å². The van der Waals surface area contributed by atoms with Gasteiger partial charge in [-0.1, -0.05) is 0 Å². The Kier molecular flexibility index (Phi) is 3.32. The number of piperidine rings is 1. The predicted octanol–water partition coefficient (Wildman–Crippen LogP) is 0.645. The Labute approximate surface area is 79.1 Å². The molecular weight excluding hydrogens is 166 g/mol. The minimum absolute atomic E-state index is 0.197. The first-order chi connectivity index (χ1) is 6.19. The van der Waals surface area contributed by atoms with Gasteiger partial charge in [0, 0.05) is 19.7 Å². The zero-order valence-corrected chi connectivity index (χ0v) is 8.12. The Morgan fingerprint density at radius 1 is 1.69 bits per heavy atom. The standard InChI is InChI=1S/C10H15NO2/c1-4-10(12)11-6-5-9(13-3)7-8(11)2/h1,8-9H,5-7H2,2-3H3. The third kappa shape index (κ3) is 2.22. The van der Waals surface area contributed by atoms with Crippen LogP contribution in [0.3, 0.4) is 0 Å². The van der Waals surface area contributed by atoms with Crippen LogP contribution in [-0.2, 0) is 9.53 Å². The van der Waals surface area contributed by atoms with Gasteiger partial charge in [-0.3, -0.25) is 4.79 Å². The molecule has 2 atom stereocenters. The summed E-state index contributed by atoms with van der Waals surface area (Å²) in [6.45, 7) is 2.71. The number of likely N-dealkylation sites (tertiary alicyclic amines) is 1. The number of nitrogens with zero attached hydrogens (tertiary/aromatic N) is 1. The molecule has 13 heavy (non-hydrogen) atoms. The second-order valence-corrected chi connectivity index (χ2v) is 3.37. The van der Waals surface area contributed by atoms with Gasteiger partial charge in [0.1, 0.15) is 0 Å². The van der Waals surface area contributed by atoms with Crippen molar-refractivity contribution in [1.29, 1.82) is 0 Å². The molecule has 72 valence electrons. The smallest absolute Gasteiger partial charge is 0.298 e. The third-order valence-electron chi connectivity index (χ3n) is 2.55. The number of methoxy groups -OCH3 is 1. The van der Waals surface area contributed by atoms with Crippen LogP contribution in [0, 0.1) is 12.3 Å². The van der Waals surface area contributed by atoms with Gasteiger partial charge in [-0.25, -0.2) is 0 Å². The van der Waals surface area contributed by atoms with Crippen molar-refractivity contribution >= 4 is 5.91 Å². The van der Waals surface area contributed by atoms with Crippen molar-refractivity contribution in [1.82, 2.24) is 4.90 Å². The summed E-state index contributed by atoms with van der Waals surface area (Å²) in [6.07, 6.45) is 7.10. The summed E-state index contributed by atoms with van der Waals surface area (Å²) in [6, 6.07) is 0.197. The van der Waals surface area contributed by atoms with E-state index >= 15 is 0 Å². The van der Waals surface area contributed by atoms with E-state index < -0.39 is 0 Å². The van der Waals surface area contributed by atoms with Gasteiger partial charge in [-0.15, -0.1) is 6.42 Å². The summed E-state index contributed by atoms with van der Waals surface area (Å²) in [5.74, 6) is 1.94. The van der Waals surface area contributed by atoms with E-state index in [4.69, 9.17) is 11.2 Å². The Morgan fingerprint density at radius 2 is 2.38 bits per heavy atom. The fraction of sp³-hybridized carbons (Fsp3) is 0.700. The van der Waals surface area contributed by atoms with E-state index in [2.05, 4.69) is 5.92 Å². The van der Waals surface area contributed by atoms with E-state index in [-0.39, 0.29) is 18.1 Å². The molecule has 0 aliphatic carbocycles. The van der Waals surface area contributed by atoms with Crippen molar-refractivity contribution < 1.29 is 9.53 Å². The van der Waals surface area contributed by atoms with Gasteiger partial charge in [-0.05, 0) is 25.7 Å². The lowest BCUT2D eigenvalue weighted by Gasteiger charge is -2.35. The number of hydrogen-bond acceptors (Lipinski definition) is 2. The highest BCUT2D eigenvalue weighted by atomic mass is 16.5. The largest absolute Gasteiger partial charge is 0.381 e. The summed E-state index contributed by atoms with van der Waals surface area (Å²) < 4.78 is 5.23. The van der Waals surface area contributed by atoms with Crippen LogP contribution in [0.2, 0.25) is 0 Å². The van der Waals surface area contributed by atoms with Crippen LogP contribution in [0.25, 0.3) is 0 Å². The summed E-state index contributed by atoms with van der Waals surface area (Å²) in [7, 11) is 1.70. The molecule has 0 saturated carbocycles. The number of rotatable bonds is 1. The Morgan fingerprint density at radius 3 is 2.85 bits per heavy atom. The molecule has 3 nitrogen and oxygen atoms in total. The maximum absolute atomic E-state index is 11.2. The summed E-state index contributed by atoms with van der Waals surface area (Å²) in [4.78, 5) is 13.0. The Bertz CT molecular complexity index is 232. The van der Waals surface area contributed by atoms with Crippen LogP contribution in [0.15, 0.2) is 0 Å². The summed E-state index contributed by atoms with van der Waals surface area (Å²) >= 11 is 0. The van der Waals surface area contributed by atoms with Crippen molar-refractivity contribution in [2.45, 2.75) is 31.9 Å². The summed E-state index contributed by atoms with van der Waals surface area (Å²) in [5, 5.41) is 0. The molecule has 1 fully saturated rings. The minimum Gasteiger partial charge on any atom is -0.381 e. The minimum atomic E-state index is -0.206. The predicted molar refractivity (Wildman–Crippen MR) is 50.0 cm³/mol. The maximum Gasteiger partial charge on any atom is 0.298 e. The van der Waals surface area contributed by atoms with Gasteiger partial charge in [0.25, 0.3) is 5.91 Å². The van der Waals surface area contributed by atoms with Crippen molar-refractivity contribution in [3.05, 3.63) is 0 Å². The van der Waals surface area contributed by atoms with E-state index in [0.717, 1.165) is 12.8 Å². The molecule has 1 aliphatic rings. The molecule has 1 heterocycles. The lowest BCUT2D eigenvalue weighted by Crippen LogP contribution is -2.46. The first-order valence-corrected chi connectivity index (χ1v) is 4.49. The summed E-state index contributed by atoms with van der Waals surface area (Å²) in [5.41, 5.74) is 0. The van der Waals surface area contributed by atoms with E-state index in [1.54, 1.807) is 12.0 Å². The van der Waals surface area contributed by atoms with Gasteiger partial charge in [-0.2, -0.15) is 0 Å². The molecule has 0 radical (unpaired) electrons. The van der Waals surface area contributed by atoms with E-state index in [1.807, 2.05) is 6.92 Å². The zero-order valence-electron chi connectivity index (χ0n) is 8.12. The highest BCUT2D eigenvalue weighted by Crippen LogP contribution is 2.18. The zero-order chi connectivity index (χ0) is 9.84. The van der Waals surface area contributed by atoms with Crippen LogP contribution >= 0.6 is 0 Å². The molecule has 1 amide bonds. The maximum atomic E-state index is 11.2. The molecule has 0 N–H and O–H groups in total. The lowest BCUT2D eigenvalue weighted by atomic mass is 10.0. The molecule has 3 heteroatoms. The SMILES string of the molecule is C#CC(=O)N1CCC(OC)CC1C. The van der Waals surface area contributed by atoms with Crippen molar-refractivity contribution in [3.63, 3.8) is 0 Å². The second kappa shape index (κ2) is 4.29. The number of ether oxygens (including phenoxy) is 1. The molecule has 0 aromatic carbocycles. The van der Waals surface area contributed by atoms with E-state index in [9.17, 15) is 4.79 Å². The fourth-order valence-electron chi connectivity index (χ4n) is 1.73. The van der Waals surface area contributed by atoms with Gasteiger partial charge < -0.3 is 9.64 Å². The number of amides is 1. The van der Waals surface area contributed by atoms with Gasteiger partial charge in [0.15, 0.2) is 0 Å². The lowest BCUT2D eigenvalue weighted by molar-refractivity contribution is -0.130. The van der Waals surface area contributed by atoms with E-state index in [1.165, 1.54) is 0 Å². The number of carbonyl (C=O) groups is 1. The number of carbonyl (C=O) groups excluding carboxylic acids is 1. The Balaban J connectivity index is 2.54. The van der Waals surface area contributed by atoms with Gasteiger partial charge >= 0.3 is 0 Å². The number of terminal acetylenes is 1. The van der Waals surface area contributed by atoms with Crippen LogP contribution < -0.4 is 0 Å². The van der Waals surface area contributed by atoms with Crippen LogP contribution in [0.4, 0.5) is 0 Å². The fourth-order valence-corrected chi connectivity index (χ4v) is 1.73. The number of hydrogen-bond donors (Lipinski definition) is 0. The molecular formula is C10H15NO2. The van der Waals surface area contributed by atoms with Gasteiger partial charge in [0.2, 0.25) is 0 Å². The molecule has 0 aromatic rings. The van der Waals surface area contributed by atoms with Crippen LogP contribution in [0.1, 0.15) is 19.8 Å². The van der Waals surface area contributed by atoms with Crippen LogP contribution in [0.5, 0.6) is 0 Å². The molecule has 0 aromatic heterocycles. The Hall–Kier alpha value is -1.01. The quantitative estimate of drug-likeness (QED) is 0.556. The molecule has 1 rings (SSSR count). The third-order valence-corrected chi connectivity index (χ3v) is 2.55. The van der Waals surface area contributed by atoms with E-state index in [0.29, 0.717) is 6.54 Å².